The number of benzene rings is 2. The van der Waals surface area contributed by atoms with Gasteiger partial charge in [0.15, 0.2) is 5.82 Å². The Morgan fingerprint density at radius 2 is 1.86 bits per heavy atom. The van der Waals surface area contributed by atoms with Crippen molar-refractivity contribution in [3.8, 4) is 11.3 Å². The lowest BCUT2D eigenvalue weighted by atomic mass is 9.99. The van der Waals surface area contributed by atoms with Crippen LogP contribution in [0.4, 0.5) is 0 Å². The van der Waals surface area contributed by atoms with E-state index in [0.29, 0.717) is 30.2 Å². The van der Waals surface area contributed by atoms with Crippen LogP contribution in [0.3, 0.4) is 0 Å². The fourth-order valence-electron chi connectivity index (χ4n) is 3.42. The van der Waals surface area contributed by atoms with Crippen LogP contribution in [-0.2, 0) is 6.42 Å². The third-order valence-electron chi connectivity index (χ3n) is 4.81. The lowest BCUT2D eigenvalue weighted by Crippen LogP contribution is -2.26. The number of pyridine rings is 1. The maximum absolute atomic E-state index is 13.0. The Labute approximate surface area is 169 Å². The predicted molar refractivity (Wildman–Crippen MR) is 112 cm³/mol. The number of aryl methyl sites for hydroxylation is 3. The Bertz CT molecular complexity index is 1200. The van der Waals surface area contributed by atoms with E-state index in [-0.39, 0.29) is 5.91 Å². The lowest BCUT2D eigenvalue weighted by Gasteiger charge is -2.12. The van der Waals surface area contributed by atoms with Gasteiger partial charge in [-0.15, -0.1) is 0 Å². The largest absolute Gasteiger partial charge is 0.351 e. The molecular formula is C23H22N4O2. The van der Waals surface area contributed by atoms with Crippen molar-refractivity contribution in [3.05, 3.63) is 76.9 Å². The van der Waals surface area contributed by atoms with Crippen LogP contribution < -0.4 is 5.32 Å². The zero-order valence-electron chi connectivity index (χ0n) is 16.7. The summed E-state index contributed by atoms with van der Waals surface area (Å²) in [5.74, 6) is 0.953. The molecule has 2 heterocycles. The summed E-state index contributed by atoms with van der Waals surface area (Å²) in [5, 5.41) is 7.55. The smallest absolute Gasteiger partial charge is 0.252 e. The van der Waals surface area contributed by atoms with Crippen molar-refractivity contribution in [2.45, 2.75) is 27.2 Å². The van der Waals surface area contributed by atoms with Crippen LogP contribution in [-0.4, -0.2) is 27.6 Å². The van der Waals surface area contributed by atoms with Crippen molar-refractivity contribution in [2.24, 2.45) is 0 Å². The van der Waals surface area contributed by atoms with Gasteiger partial charge in [-0.3, -0.25) is 4.79 Å². The van der Waals surface area contributed by atoms with Crippen LogP contribution >= 0.6 is 0 Å². The van der Waals surface area contributed by atoms with Crippen LogP contribution in [0.25, 0.3) is 22.2 Å². The highest BCUT2D eigenvalue weighted by molar-refractivity contribution is 6.07. The molecule has 0 atom stereocenters. The van der Waals surface area contributed by atoms with Gasteiger partial charge in [-0.1, -0.05) is 47.1 Å². The van der Waals surface area contributed by atoms with E-state index in [1.165, 1.54) is 5.56 Å². The van der Waals surface area contributed by atoms with E-state index in [1.54, 1.807) is 6.92 Å². The molecule has 6 heteroatoms. The molecule has 0 radical (unpaired) electrons. The van der Waals surface area contributed by atoms with E-state index < -0.39 is 0 Å². The number of aromatic nitrogens is 3. The molecule has 4 rings (SSSR count). The summed E-state index contributed by atoms with van der Waals surface area (Å²) in [7, 11) is 0. The fourth-order valence-corrected chi connectivity index (χ4v) is 3.42. The normalized spacial score (nSPS) is 11.0. The van der Waals surface area contributed by atoms with Gasteiger partial charge in [-0.2, -0.15) is 4.98 Å². The van der Waals surface area contributed by atoms with Crippen LogP contribution in [0.2, 0.25) is 0 Å². The monoisotopic (exact) mass is 386 g/mol. The second-order valence-electron chi connectivity index (χ2n) is 7.13. The van der Waals surface area contributed by atoms with Crippen molar-refractivity contribution < 1.29 is 9.32 Å². The van der Waals surface area contributed by atoms with Gasteiger partial charge in [0.1, 0.15) is 0 Å². The highest BCUT2D eigenvalue weighted by atomic mass is 16.5. The summed E-state index contributed by atoms with van der Waals surface area (Å²) in [6.45, 7) is 6.30. The summed E-state index contributed by atoms with van der Waals surface area (Å²) < 4.78 is 5.10. The molecule has 146 valence electrons. The average molecular weight is 386 g/mol. The van der Waals surface area contributed by atoms with Crippen molar-refractivity contribution in [3.63, 3.8) is 0 Å². The molecule has 0 aliphatic rings. The van der Waals surface area contributed by atoms with Gasteiger partial charge in [0.2, 0.25) is 5.89 Å². The minimum Gasteiger partial charge on any atom is -0.351 e. The average Bonchev–Trinajstić information content (AvgIpc) is 3.12. The van der Waals surface area contributed by atoms with Crippen LogP contribution in [0.1, 0.15) is 33.2 Å². The molecule has 0 spiro atoms. The van der Waals surface area contributed by atoms with Crippen molar-refractivity contribution in [1.29, 1.82) is 0 Å². The van der Waals surface area contributed by atoms with E-state index in [9.17, 15) is 4.79 Å². The number of para-hydroxylation sites is 1. The number of rotatable bonds is 5. The summed E-state index contributed by atoms with van der Waals surface area (Å²) in [4.78, 5) is 21.9. The number of hydrogen-bond acceptors (Lipinski definition) is 5. The maximum Gasteiger partial charge on any atom is 0.252 e. The van der Waals surface area contributed by atoms with Gasteiger partial charge >= 0.3 is 0 Å². The van der Waals surface area contributed by atoms with Gasteiger partial charge in [0.05, 0.1) is 16.8 Å². The first-order valence-electron chi connectivity index (χ1n) is 9.56. The van der Waals surface area contributed by atoms with E-state index >= 15 is 0 Å². The molecule has 2 aromatic heterocycles. The maximum atomic E-state index is 13.0. The number of carbonyl (C=O) groups excluding carboxylic acids is 1. The van der Waals surface area contributed by atoms with Gasteiger partial charge in [0, 0.05) is 23.9 Å². The van der Waals surface area contributed by atoms with Gasteiger partial charge in [-0.25, -0.2) is 4.98 Å². The van der Waals surface area contributed by atoms with E-state index in [0.717, 1.165) is 27.7 Å². The Kier molecular flexibility index (Phi) is 5.08. The molecule has 0 fully saturated rings. The lowest BCUT2D eigenvalue weighted by molar-refractivity contribution is 0.0955. The molecule has 0 aliphatic carbocycles. The molecule has 1 amide bonds. The summed E-state index contributed by atoms with van der Waals surface area (Å²) in [6.07, 6.45) is 0.486. The van der Waals surface area contributed by atoms with Gasteiger partial charge in [-0.05, 0) is 38.5 Å². The van der Waals surface area contributed by atoms with Crippen molar-refractivity contribution in [1.82, 2.24) is 20.4 Å². The molecule has 0 unspecified atom stereocenters. The number of nitrogens with zero attached hydrogens (tertiary/aromatic N) is 3. The molecule has 29 heavy (non-hydrogen) atoms. The second-order valence-corrected chi connectivity index (χ2v) is 7.13. The number of carbonyl (C=O) groups is 1. The molecule has 0 saturated carbocycles. The van der Waals surface area contributed by atoms with Crippen molar-refractivity contribution in [2.75, 3.05) is 6.54 Å². The first kappa shape index (κ1) is 18.8. The second kappa shape index (κ2) is 7.83. The molecule has 0 aliphatic heterocycles. The standard InChI is InChI=1S/C23H22N4O2/c1-14-8-9-17(15(2)12-14)21-13-19(18-6-4-5-7-20(18)26-21)23(28)24-11-10-22-25-16(3)27-29-22/h4-9,12-13H,10-11H2,1-3H3,(H,24,28). The summed E-state index contributed by atoms with van der Waals surface area (Å²) >= 11 is 0. The molecule has 0 saturated heterocycles. The third-order valence-corrected chi connectivity index (χ3v) is 4.81. The van der Waals surface area contributed by atoms with Crippen LogP contribution in [0.15, 0.2) is 53.1 Å². The Morgan fingerprint density at radius 1 is 1.03 bits per heavy atom. The topological polar surface area (TPSA) is 80.9 Å². The molecule has 1 N–H and O–H groups in total. The van der Waals surface area contributed by atoms with E-state index in [2.05, 4.69) is 47.5 Å². The van der Waals surface area contributed by atoms with E-state index in [1.807, 2.05) is 30.3 Å². The van der Waals surface area contributed by atoms with Crippen molar-refractivity contribution >= 4 is 16.8 Å². The fraction of sp³-hybridized carbons (Fsp3) is 0.217. The summed E-state index contributed by atoms with van der Waals surface area (Å²) in [6, 6.07) is 15.8. The number of fused-ring (bicyclic) bond motifs is 1. The zero-order chi connectivity index (χ0) is 20.4. The quantitative estimate of drug-likeness (QED) is 0.556. The zero-order valence-corrected chi connectivity index (χ0v) is 16.7. The minimum atomic E-state index is -0.147. The molecule has 6 nitrogen and oxygen atoms in total. The SMILES string of the molecule is Cc1ccc(-c2cc(C(=O)NCCc3nc(C)no3)c3ccccc3n2)c(C)c1. The molecule has 0 bridgehead atoms. The first-order valence-corrected chi connectivity index (χ1v) is 9.56. The van der Waals surface area contributed by atoms with Gasteiger partial charge in [0.25, 0.3) is 5.91 Å². The Balaban J connectivity index is 1.66. The minimum absolute atomic E-state index is 0.147. The predicted octanol–water partition coefficient (Wildman–Crippen LogP) is 4.18. The molecule has 2 aromatic carbocycles. The molecular weight excluding hydrogens is 364 g/mol. The highest BCUT2D eigenvalue weighted by Gasteiger charge is 2.15. The van der Waals surface area contributed by atoms with Crippen LogP contribution in [0.5, 0.6) is 0 Å². The number of nitrogens with one attached hydrogen (secondary N) is 1. The number of amides is 1. The number of hydrogen-bond donors (Lipinski definition) is 1. The first-order chi connectivity index (χ1) is 14.0. The highest BCUT2D eigenvalue weighted by Crippen LogP contribution is 2.27. The third kappa shape index (κ3) is 4.01. The van der Waals surface area contributed by atoms with Crippen LogP contribution in [0, 0.1) is 20.8 Å². The Hall–Kier alpha value is -3.54. The summed E-state index contributed by atoms with van der Waals surface area (Å²) in [5.41, 5.74) is 5.54. The van der Waals surface area contributed by atoms with E-state index in [4.69, 9.17) is 9.51 Å². The Morgan fingerprint density at radius 3 is 2.62 bits per heavy atom. The van der Waals surface area contributed by atoms with Gasteiger partial charge < -0.3 is 9.84 Å². The molecule has 4 aromatic rings.